The van der Waals surface area contributed by atoms with E-state index in [1.807, 2.05) is 42.5 Å². The van der Waals surface area contributed by atoms with E-state index in [1.54, 1.807) is 36.4 Å². The number of nitrogens with one attached hydrogen (secondary N) is 2. The first-order valence-corrected chi connectivity index (χ1v) is 12.7. The number of carbonyl (C=O) groups excluding carboxylic acids is 1. The Balaban J connectivity index is 1.42. The molecule has 1 aliphatic rings. The molecule has 170 valence electrons. The summed E-state index contributed by atoms with van der Waals surface area (Å²) in [7, 11) is -1.96. The molecular weight excluding hydrogens is 468 g/mol. The van der Waals surface area contributed by atoms with Crippen molar-refractivity contribution in [3.8, 4) is 17.2 Å². The molecule has 0 fully saturated rings. The molecule has 0 radical (unpaired) electrons. The normalized spacial score (nSPS) is 14.6. The molecule has 0 atom stereocenters. The third-order valence-electron chi connectivity index (χ3n) is 5.06. The Morgan fingerprint density at radius 1 is 1.03 bits per heavy atom. The maximum absolute atomic E-state index is 12.4. The van der Waals surface area contributed by atoms with Crippen molar-refractivity contribution >= 4 is 44.6 Å². The van der Waals surface area contributed by atoms with Crippen molar-refractivity contribution in [1.29, 1.82) is 5.26 Å². The van der Waals surface area contributed by atoms with Gasteiger partial charge in [0, 0.05) is 5.69 Å². The van der Waals surface area contributed by atoms with Crippen LogP contribution in [0.5, 0.6) is 0 Å². The fourth-order valence-corrected chi connectivity index (χ4v) is 4.91. The fourth-order valence-electron chi connectivity index (χ4n) is 3.30. The lowest BCUT2D eigenvalue weighted by Gasteiger charge is -2.07. The average Bonchev–Trinajstić information content (AvgIpc) is 3.19. The number of nitriles is 1. The number of nitrogens with zero attached hydrogens (tertiary/aromatic N) is 2. The van der Waals surface area contributed by atoms with E-state index in [9.17, 15) is 18.5 Å². The molecule has 1 heterocycles. The summed E-state index contributed by atoms with van der Waals surface area (Å²) in [6.45, 7) is 0. The van der Waals surface area contributed by atoms with Crippen LogP contribution < -0.4 is 10.0 Å². The van der Waals surface area contributed by atoms with Gasteiger partial charge in [-0.25, -0.2) is 13.1 Å². The topological polar surface area (TPSA) is 111 Å². The maximum Gasteiger partial charge on any atom is 0.286 e. The molecule has 2 N–H and O–H groups in total. The van der Waals surface area contributed by atoms with Gasteiger partial charge in [0.15, 0.2) is 5.17 Å². The van der Waals surface area contributed by atoms with Gasteiger partial charge in [-0.3, -0.25) is 4.79 Å². The maximum atomic E-state index is 12.4. The van der Waals surface area contributed by atoms with E-state index in [4.69, 9.17) is 0 Å². The molecule has 7 nitrogen and oxygen atoms in total. The SMILES string of the molecule is CNS(=O)(=O)Cc1ccc(NC2=NC(=O)C(=Cc3ccc(-c4ccccc4C#N)cc3)S2)cc1. The Morgan fingerprint density at radius 3 is 2.41 bits per heavy atom. The van der Waals surface area contributed by atoms with Gasteiger partial charge in [-0.2, -0.15) is 10.3 Å². The monoisotopic (exact) mass is 488 g/mol. The standard InChI is InChI=1S/C25H20N4O3S2/c1-27-34(31,32)16-18-8-12-21(13-9-18)28-25-29-24(30)23(33-25)14-17-6-10-19(11-7-17)22-5-3-2-4-20(22)15-26/h2-14,27H,16H2,1H3,(H,28,29,30). The molecule has 1 aliphatic heterocycles. The number of anilines is 1. The smallest absolute Gasteiger partial charge is 0.286 e. The number of benzene rings is 3. The van der Waals surface area contributed by atoms with Crippen molar-refractivity contribution in [2.75, 3.05) is 12.4 Å². The highest BCUT2D eigenvalue weighted by atomic mass is 32.2. The van der Waals surface area contributed by atoms with E-state index in [1.165, 1.54) is 18.8 Å². The summed E-state index contributed by atoms with van der Waals surface area (Å²) in [6.07, 6.45) is 1.77. The molecule has 3 aromatic carbocycles. The van der Waals surface area contributed by atoms with Crippen LogP contribution in [0.4, 0.5) is 5.69 Å². The minimum atomic E-state index is -3.34. The van der Waals surface area contributed by atoms with Crippen LogP contribution in [0.25, 0.3) is 17.2 Å². The molecule has 9 heteroatoms. The summed E-state index contributed by atoms with van der Waals surface area (Å²) < 4.78 is 25.6. The molecule has 0 saturated carbocycles. The summed E-state index contributed by atoms with van der Waals surface area (Å²) in [5.74, 6) is -0.436. The molecular formula is C25H20N4O3S2. The summed E-state index contributed by atoms with van der Waals surface area (Å²) in [4.78, 5) is 16.9. The quantitative estimate of drug-likeness (QED) is 0.499. The predicted molar refractivity (Wildman–Crippen MR) is 136 cm³/mol. The van der Waals surface area contributed by atoms with E-state index < -0.39 is 10.0 Å². The molecule has 0 bridgehead atoms. The lowest BCUT2D eigenvalue weighted by Crippen LogP contribution is -2.20. The molecule has 3 aromatic rings. The minimum absolute atomic E-state index is 0.105. The number of amides is 1. The number of aliphatic imine (C=N–C) groups is 1. The Hall–Kier alpha value is -3.71. The highest BCUT2D eigenvalue weighted by Crippen LogP contribution is 2.30. The lowest BCUT2D eigenvalue weighted by molar-refractivity contribution is -0.113. The van der Waals surface area contributed by atoms with Crippen LogP contribution in [0.3, 0.4) is 0 Å². The number of amidine groups is 1. The first-order valence-electron chi connectivity index (χ1n) is 10.3. The molecule has 0 spiro atoms. The van der Waals surface area contributed by atoms with E-state index in [-0.39, 0.29) is 11.7 Å². The van der Waals surface area contributed by atoms with Gasteiger partial charge < -0.3 is 5.32 Å². The number of hydrogen-bond acceptors (Lipinski definition) is 6. The predicted octanol–water partition coefficient (Wildman–Crippen LogP) is 4.36. The van der Waals surface area contributed by atoms with Crippen molar-refractivity contribution in [2.45, 2.75) is 5.75 Å². The van der Waals surface area contributed by atoms with Gasteiger partial charge in [0.25, 0.3) is 5.91 Å². The number of hydrogen-bond donors (Lipinski definition) is 2. The molecule has 0 aliphatic carbocycles. The van der Waals surface area contributed by atoms with E-state index >= 15 is 0 Å². The first kappa shape index (κ1) is 23.4. The van der Waals surface area contributed by atoms with Crippen molar-refractivity contribution in [3.05, 3.63) is 94.4 Å². The molecule has 0 saturated heterocycles. The molecule has 4 rings (SSSR count). The summed E-state index contributed by atoms with van der Waals surface area (Å²) in [5, 5.41) is 12.8. The third-order valence-corrected chi connectivity index (χ3v) is 7.29. The lowest BCUT2D eigenvalue weighted by atomic mass is 9.99. The highest BCUT2D eigenvalue weighted by Gasteiger charge is 2.22. The van der Waals surface area contributed by atoms with Crippen LogP contribution in [-0.2, 0) is 20.6 Å². The average molecular weight is 489 g/mol. The number of thioether (sulfide) groups is 1. The van der Waals surface area contributed by atoms with E-state index in [2.05, 4.69) is 21.1 Å². The van der Waals surface area contributed by atoms with Crippen LogP contribution in [0.15, 0.2) is 82.7 Å². The van der Waals surface area contributed by atoms with Crippen molar-refractivity contribution in [2.24, 2.45) is 4.99 Å². The van der Waals surface area contributed by atoms with Gasteiger partial charge >= 0.3 is 0 Å². The fraction of sp³-hybridized carbons (Fsp3) is 0.0800. The zero-order chi connectivity index (χ0) is 24.1. The first-order chi connectivity index (χ1) is 16.4. The second-order valence-corrected chi connectivity index (χ2v) is 10.4. The summed E-state index contributed by atoms with van der Waals surface area (Å²) >= 11 is 1.23. The van der Waals surface area contributed by atoms with E-state index in [0.29, 0.717) is 26.9 Å². The Kier molecular flexibility index (Phi) is 6.93. The Bertz CT molecular complexity index is 1440. The third kappa shape index (κ3) is 5.61. The largest absolute Gasteiger partial charge is 0.334 e. The second-order valence-electron chi connectivity index (χ2n) is 7.40. The van der Waals surface area contributed by atoms with Crippen LogP contribution in [0.1, 0.15) is 16.7 Å². The zero-order valence-corrected chi connectivity index (χ0v) is 19.8. The van der Waals surface area contributed by atoms with E-state index in [0.717, 1.165) is 16.7 Å². The van der Waals surface area contributed by atoms with Gasteiger partial charge in [0.1, 0.15) is 0 Å². The highest BCUT2D eigenvalue weighted by molar-refractivity contribution is 8.18. The van der Waals surface area contributed by atoms with Crippen molar-refractivity contribution in [1.82, 2.24) is 4.72 Å². The van der Waals surface area contributed by atoms with Gasteiger partial charge in [0.2, 0.25) is 10.0 Å². The van der Waals surface area contributed by atoms with Crippen molar-refractivity contribution < 1.29 is 13.2 Å². The van der Waals surface area contributed by atoms with Gasteiger partial charge in [-0.05, 0) is 65.3 Å². The van der Waals surface area contributed by atoms with Crippen LogP contribution >= 0.6 is 11.8 Å². The number of carbonyl (C=O) groups is 1. The molecule has 0 unspecified atom stereocenters. The van der Waals surface area contributed by atoms with Crippen LogP contribution in [0.2, 0.25) is 0 Å². The minimum Gasteiger partial charge on any atom is -0.334 e. The summed E-state index contributed by atoms with van der Waals surface area (Å²) in [6, 6.07) is 24.1. The Labute approximate surface area is 202 Å². The summed E-state index contributed by atoms with van der Waals surface area (Å²) in [5.41, 5.74) is 4.59. The van der Waals surface area contributed by atoms with Crippen LogP contribution in [-0.4, -0.2) is 26.5 Å². The number of sulfonamides is 1. The molecule has 0 aromatic heterocycles. The van der Waals surface area contributed by atoms with Crippen LogP contribution in [0, 0.1) is 11.3 Å². The van der Waals surface area contributed by atoms with Crippen molar-refractivity contribution in [3.63, 3.8) is 0 Å². The van der Waals surface area contributed by atoms with Gasteiger partial charge in [-0.15, -0.1) is 0 Å². The number of rotatable bonds is 6. The molecule has 1 amide bonds. The second kappa shape index (κ2) is 10.1. The Morgan fingerprint density at radius 2 is 1.74 bits per heavy atom. The zero-order valence-electron chi connectivity index (χ0n) is 18.1. The van der Waals surface area contributed by atoms with Gasteiger partial charge in [-0.1, -0.05) is 54.6 Å². The molecule has 34 heavy (non-hydrogen) atoms. The van der Waals surface area contributed by atoms with Gasteiger partial charge in [0.05, 0.1) is 22.3 Å².